The summed E-state index contributed by atoms with van der Waals surface area (Å²) in [6.07, 6.45) is 0.379. The highest BCUT2D eigenvalue weighted by atomic mass is 79.9. The average Bonchev–Trinajstić information content (AvgIpc) is 2.49. The number of carbonyl (C=O) groups excluding carboxylic acids is 1. The molecule has 0 saturated heterocycles. The van der Waals surface area contributed by atoms with Gasteiger partial charge in [0.1, 0.15) is 5.75 Å². The Balaban J connectivity index is 1.97. The molecule has 110 valence electrons. The number of nitrogens with zero attached hydrogens (tertiary/aromatic N) is 1. The molecule has 0 heterocycles. The minimum atomic E-state index is 0.0890. The quantitative estimate of drug-likeness (QED) is 0.825. The van der Waals surface area contributed by atoms with Crippen molar-refractivity contribution in [2.24, 2.45) is 0 Å². The van der Waals surface area contributed by atoms with Crippen molar-refractivity contribution >= 4 is 21.8 Å². The lowest BCUT2D eigenvalue weighted by Crippen LogP contribution is -2.27. The van der Waals surface area contributed by atoms with Gasteiger partial charge in [-0.15, -0.1) is 0 Å². The molecule has 0 atom stereocenters. The summed E-state index contributed by atoms with van der Waals surface area (Å²) in [5, 5.41) is 0. The Hall–Kier alpha value is -1.81. The lowest BCUT2D eigenvalue weighted by Gasteiger charge is -2.17. The molecule has 0 fully saturated rings. The van der Waals surface area contributed by atoms with Gasteiger partial charge < -0.3 is 9.64 Å². The Morgan fingerprint density at radius 1 is 1.14 bits per heavy atom. The highest BCUT2D eigenvalue weighted by Crippen LogP contribution is 2.15. The van der Waals surface area contributed by atoms with Gasteiger partial charge in [-0.1, -0.05) is 40.2 Å². The van der Waals surface area contributed by atoms with Gasteiger partial charge in [0.2, 0.25) is 5.91 Å². The number of methoxy groups -OCH3 is 1. The Kier molecular flexibility index (Phi) is 5.39. The number of carbonyl (C=O) groups is 1. The second-order valence-electron chi connectivity index (χ2n) is 4.90. The van der Waals surface area contributed by atoms with Crippen molar-refractivity contribution < 1.29 is 9.53 Å². The molecular weight excluding hydrogens is 330 g/mol. The summed E-state index contributed by atoms with van der Waals surface area (Å²) in [4.78, 5) is 14.0. The molecule has 1 amide bonds. The first-order chi connectivity index (χ1) is 10.1. The summed E-state index contributed by atoms with van der Waals surface area (Å²) >= 11 is 3.41. The molecule has 0 bridgehead atoms. The molecule has 0 unspecified atom stereocenters. The van der Waals surface area contributed by atoms with Crippen LogP contribution in [0.4, 0.5) is 0 Å². The molecule has 0 aliphatic carbocycles. The van der Waals surface area contributed by atoms with E-state index in [1.807, 2.05) is 55.6 Å². The second kappa shape index (κ2) is 7.27. The molecule has 2 aromatic carbocycles. The molecule has 3 nitrogen and oxygen atoms in total. The molecule has 21 heavy (non-hydrogen) atoms. The molecule has 4 heteroatoms. The molecule has 2 aromatic rings. The van der Waals surface area contributed by atoms with Crippen LogP contribution >= 0.6 is 15.9 Å². The van der Waals surface area contributed by atoms with Crippen LogP contribution < -0.4 is 4.74 Å². The van der Waals surface area contributed by atoms with Crippen LogP contribution in [-0.2, 0) is 17.8 Å². The highest BCUT2D eigenvalue weighted by molar-refractivity contribution is 9.10. The third-order valence-corrected chi connectivity index (χ3v) is 3.78. The molecule has 0 aromatic heterocycles. The average molecular weight is 348 g/mol. The largest absolute Gasteiger partial charge is 0.497 e. The molecule has 0 radical (unpaired) electrons. The number of benzene rings is 2. The topological polar surface area (TPSA) is 29.5 Å². The third-order valence-electron chi connectivity index (χ3n) is 3.25. The van der Waals surface area contributed by atoms with Gasteiger partial charge in [-0.05, 0) is 35.4 Å². The fourth-order valence-electron chi connectivity index (χ4n) is 2.04. The van der Waals surface area contributed by atoms with Crippen molar-refractivity contribution in [3.8, 4) is 5.75 Å². The molecule has 0 spiro atoms. The number of ether oxygens (including phenoxy) is 1. The number of rotatable bonds is 5. The summed E-state index contributed by atoms with van der Waals surface area (Å²) in [5.74, 6) is 0.863. The third kappa shape index (κ3) is 4.60. The smallest absolute Gasteiger partial charge is 0.227 e. The zero-order valence-electron chi connectivity index (χ0n) is 12.2. The fraction of sp³-hybridized carbons (Fsp3) is 0.235. The van der Waals surface area contributed by atoms with Crippen LogP contribution in [0.15, 0.2) is 53.0 Å². The normalized spacial score (nSPS) is 10.2. The van der Waals surface area contributed by atoms with Crippen LogP contribution in [0, 0.1) is 0 Å². The summed E-state index contributed by atoms with van der Waals surface area (Å²) in [6, 6.07) is 15.6. The van der Waals surface area contributed by atoms with E-state index in [2.05, 4.69) is 15.9 Å². The SMILES string of the molecule is COc1cccc(CC(=O)N(C)Cc2ccc(Br)cc2)c1. The van der Waals surface area contributed by atoms with E-state index in [9.17, 15) is 4.79 Å². The van der Waals surface area contributed by atoms with Gasteiger partial charge in [0.05, 0.1) is 13.5 Å². The summed E-state index contributed by atoms with van der Waals surface area (Å²) in [5.41, 5.74) is 2.07. The lowest BCUT2D eigenvalue weighted by molar-refractivity contribution is -0.129. The zero-order valence-corrected chi connectivity index (χ0v) is 13.8. The van der Waals surface area contributed by atoms with Crippen molar-refractivity contribution in [3.63, 3.8) is 0 Å². The first-order valence-electron chi connectivity index (χ1n) is 6.70. The molecular formula is C17H18BrNO2. The molecule has 0 N–H and O–H groups in total. The lowest BCUT2D eigenvalue weighted by atomic mass is 10.1. The Labute approximate surface area is 133 Å². The number of hydrogen-bond acceptors (Lipinski definition) is 2. The molecule has 2 rings (SSSR count). The predicted octanol–water partition coefficient (Wildman–Crippen LogP) is 3.66. The van der Waals surface area contributed by atoms with Crippen molar-refractivity contribution in [2.45, 2.75) is 13.0 Å². The standard InChI is InChI=1S/C17H18BrNO2/c1-19(12-13-6-8-15(18)9-7-13)17(20)11-14-4-3-5-16(10-14)21-2/h3-10H,11-12H2,1-2H3. The maximum absolute atomic E-state index is 12.3. The van der Waals surface area contributed by atoms with E-state index >= 15 is 0 Å². The van der Waals surface area contributed by atoms with Crippen molar-refractivity contribution in [3.05, 3.63) is 64.1 Å². The summed E-state index contributed by atoms with van der Waals surface area (Å²) < 4.78 is 6.21. The minimum Gasteiger partial charge on any atom is -0.497 e. The number of likely N-dealkylation sites (N-methyl/N-ethyl adjacent to an activating group) is 1. The maximum Gasteiger partial charge on any atom is 0.227 e. The summed E-state index contributed by atoms with van der Waals surface area (Å²) in [7, 11) is 3.45. The Morgan fingerprint density at radius 3 is 2.52 bits per heavy atom. The van der Waals surface area contributed by atoms with Crippen molar-refractivity contribution in [1.82, 2.24) is 4.90 Å². The van der Waals surface area contributed by atoms with E-state index < -0.39 is 0 Å². The van der Waals surface area contributed by atoms with Gasteiger partial charge in [-0.25, -0.2) is 0 Å². The number of halogens is 1. The van der Waals surface area contributed by atoms with Gasteiger partial charge in [0, 0.05) is 18.1 Å². The van der Waals surface area contributed by atoms with Crippen LogP contribution in [-0.4, -0.2) is 25.0 Å². The first-order valence-corrected chi connectivity index (χ1v) is 7.49. The fourth-order valence-corrected chi connectivity index (χ4v) is 2.31. The second-order valence-corrected chi connectivity index (χ2v) is 5.82. The van der Waals surface area contributed by atoms with E-state index in [4.69, 9.17) is 4.74 Å². The van der Waals surface area contributed by atoms with Crippen LogP contribution in [0.25, 0.3) is 0 Å². The van der Waals surface area contributed by atoms with Gasteiger partial charge in [-0.2, -0.15) is 0 Å². The van der Waals surface area contributed by atoms with E-state index in [1.165, 1.54) is 0 Å². The number of amides is 1. The molecule has 0 aliphatic heterocycles. The summed E-state index contributed by atoms with van der Waals surface area (Å²) in [6.45, 7) is 0.607. The zero-order chi connectivity index (χ0) is 15.2. The first kappa shape index (κ1) is 15.6. The van der Waals surface area contributed by atoms with Crippen LogP contribution in [0.5, 0.6) is 5.75 Å². The monoisotopic (exact) mass is 347 g/mol. The molecule has 0 aliphatic rings. The molecule has 0 saturated carbocycles. The predicted molar refractivity (Wildman–Crippen MR) is 87.3 cm³/mol. The van der Waals surface area contributed by atoms with Crippen molar-refractivity contribution in [2.75, 3.05) is 14.2 Å². The van der Waals surface area contributed by atoms with E-state index in [-0.39, 0.29) is 5.91 Å². The highest BCUT2D eigenvalue weighted by Gasteiger charge is 2.10. The Morgan fingerprint density at radius 2 is 1.86 bits per heavy atom. The Bertz CT molecular complexity index is 610. The van der Waals surface area contributed by atoms with Gasteiger partial charge in [0.25, 0.3) is 0 Å². The van der Waals surface area contributed by atoms with Crippen LogP contribution in [0.1, 0.15) is 11.1 Å². The minimum absolute atomic E-state index is 0.0890. The van der Waals surface area contributed by atoms with Crippen LogP contribution in [0.3, 0.4) is 0 Å². The van der Waals surface area contributed by atoms with E-state index in [0.29, 0.717) is 13.0 Å². The van der Waals surface area contributed by atoms with E-state index in [1.54, 1.807) is 12.0 Å². The van der Waals surface area contributed by atoms with Crippen LogP contribution in [0.2, 0.25) is 0 Å². The maximum atomic E-state index is 12.3. The van der Waals surface area contributed by atoms with Gasteiger partial charge in [-0.3, -0.25) is 4.79 Å². The van der Waals surface area contributed by atoms with Crippen molar-refractivity contribution in [1.29, 1.82) is 0 Å². The van der Waals surface area contributed by atoms with Gasteiger partial charge in [0.15, 0.2) is 0 Å². The van der Waals surface area contributed by atoms with E-state index in [0.717, 1.165) is 21.3 Å². The van der Waals surface area contributed by atoms with Gasteiger partial charge >= 0.3 is 0 Å². The number of hydrogen-bond donors (Lipinski definition) is 0.